The van der Waals surface area contributed by atoms with Gasteiger partial charge in [-0.1, -0.05) is 6.08 Å². The van der Waals surface area contributed by atoms with Gasteiger partial charge >= 0.3 is 0 Å². The predicted octanol–water partition coefficient (Wildman–Crippen LogP) is 1.72. The van der Waals surface area contributed by atoms with Crippen LogP contribution in [0, 0.1) is 11.8 Å². The molecular weight excluding hydrogens is 164 g/mol. The molecule has 1 rings (SSSR count). The molecule has 76 valence electrons. The first-order valence-corrected chi connectivity index (χ1v) is 4.97. The van der Waals surface area contributed by atoms with E-state index in [0.717, 1.165) is 12.8 Å². The van der Waals surface area contributed by atoms with Gasteiger partial charge in [0.15, 0.2) is 0 Å². The molecule has 0 aromatic heterocycles. The Morgan fingerprint density at radius 1 is 1.46 bits per heavy atom. The summed E-state index contributed by atoms with van der Waals surface area (Å²) in [7, 11) is 0. The number of allylic oxidation sites excluding steroid dienone is 1. The van der Waals surface area contributed by atoms with Gasteiger partial charge in [-0.2, -0.15) is 0 Å². The predicted molar refractivity (Wildman–Crippen MR) is 53.3 cm³/mol. The highest BCUT2D eigenvalue weighted by Crippen LogP contribution is 2.37. The Morgan fingerprint density at radius 2 is 2.08 bits per heavy atom. The summed E-state index contributed by atoms with van der Waals surface area (Å²) < 4.78 is 0. The Kier molecular flexibility index (Phi) is 3.14. The monoisotopic (exact) mass is 184 g/mol. The molecule has 0 radical (unpaired) electrons. The highest BCUT2D eigenvalue weighted by Gasteiger charge is 2.36. The number of aliphatic hydroxyl groups excluding tert-OH is 1. The third-order valence-electron chi connectivity index (χ3n) is 2.88. The molecular formula is C11H20O2. The summed E-state index contributed by atoms with van der Waals surface area (Å²) in [5.74, 6) is 0.568. The lowest BCUT2D eigenvalue weighted by molar-refractivity contribution is 0.0178. The number of hydrogen-bond acceptors (Lipinski definition) is 2. The Labute approximate surface area is 80.3 Å². The summed E-state index contributed by atoms with van der Waals surface area (Å²) in [6, 6.07) is 0. The Bertz CT molecular complexity index is 181. The van der Waals surface area contributed by atoms with Crippen molar-refractivity contribution in [2.24, 2.45) is 11.8 Å². The molecule has 2 heteroatoms. The largest absolute Gasteiger partial charge is 0.393 e. The molecule has 0 saturated heterocycles. The van der Waals surface area contributed by atoms with Gasteiger partial charge in [-0.15, -0.1) is 6.58 Å². The first-order chi connectivity index (χ1) is 5.94. The van der Waals surface area contributed by atoms with Gasteiger partial charge in [-0.05, 0) is 44.9 Å². The Morgan fingerprint density at radius 3 is 2.54 bits per heavy atom. The van der Waals surface area contributed by atoms with Crippen LogP contribution in [0.1, 0.15) is 33.1 Å². The van der Waals surface area contributed by atoms with Gasteiger partial charge < -0.3 is 10.2 Å². The zero-order valence-corrected chi connectivity index (χ0v) is 8.53. The van der Waals surface area contributed by atoms with E-state index in [1.165, 1.54) is 0 Å². The number of hydrogen-bond donors (Lipinski definition) is 2. The van der Waals surface area contributed by atoms with Crippen molar-refractivity contribution in [3.8, 4) is 0 Å². The minimum Gasteiger partial charge on any atom is -0.393 e. The SMILES string of the molecule is C=CC1CCC(O)C1CC(C)(C)O. The average Bonchev–Trinajstić information content (AvgIpc) is 2.30. The van der Waals surface area contributed by atoms with Gasteiger partial charge in [0, 0.05) is 0 Å². The Balaban J connectivity index is 2.59. The van der Waals surface area contributed by atoms with E-state index in [9.17, 15) is 10.2 Å². The van der Waals surface area contributed by atoms with Crippen LogP contribution in [-0.2, 0) is 0 Å². The quantitative estimate of drug-likeness (QED) is 0.656. The summed E-state index contributed by atoms with van der Waals surface area (Å²) in [5.41, 5.74) is -0.683. The van der Waals surface area contributed by atoms with Gasteiger partial charge in [-0.3, -0.25) is 0 Å². The molecule has 3 unspecified atom stereocenters. The summed E-state index contributed by atoms with van der Waals surface area (Å²) in [6.45, 7) is 7.34. The van der Waals surface area contributed by atoms with Crippen molar-refractivity contribution in [1.29, 1.82) is 0 Å². The highest BCUT2D eigenvalue weighted by molar-refractivity contribution is 4.95. The van der Waals surface area contributed by atoms with Gasteiger partial charge in [0.1, 0.15) is 0 Å². The lowest BCUT2D eigenvalue weighted by Crippen LogP contribution is -2.29. The van der Waals surface area contributed by atoms with E-state index in [4.69, 9.17) is 0 Å². The molecule has 3 atom stereocenters. The lowest BCUT2D eigenvalue weighted by Gasteiger charge is -2.27. The molecule has 0 aromatic rings. The summed E-state index contributed by atoms with van der Waals surface area (Å²) >= 11 is 0. The van der Waals surface area contributed by atoms with E-state index in [-0.39, 0.29) is 12.0 Å². The molecule has 1 aliphatic carbocycles. The van der Waals surface area contributed by atoms with Crippen molar-refractivity contribution in [2.75, 3.05) is 0 Å². The topological polar surface area (TPSA) is 40.5 Å². The lowest BCUT2D eigenvalue weighted by atomic mass is 9.85. The van der Waals surface area contributed by atoms with E-state index >= 15 is 0 Å². The van der Waals surface area contributed by atoms with Crippen LogP contribution in [-0.4, -0.2) is 21.9 Å². The Hall–Kier alpha value is -0.340. The van der Waals surface area contributed by atoms with Crippen molar-refractivity contribution in [2.45, 2.75) is 44.8 Å². The fourth-order valence-electron chi connectivity index (χ4n) is 2.23. The molecule has 1 aliphatic rings. The molecule has 0 heterocycles. The standard InChI is InChI=1S/C11H20O2/c1-4-8-5-6-10(12)9(8)7-11(2,3)13/h4,8-10,12-13H,1,5-7H2,2-3H3. The number of rotatable bonds is 3. The molecule has 2 nitrogen and oxygen atoms in total. The molecule has 1 fully saturated rings. The van der Waals surface area contributed by atoms with Gasteiger partial charge in [0.05, 0.1) is 11.7 Å². The molecule has 0 amide bonds. The highest BCUT2D eigenvalue weighted by atomic mass is 16.3. The van der Waals surface area contributed by atoms with E-state index in [0.29, 0.717) is 12.3 Å². The van der Waals surface area contributed by atoms with Crippen LogP contribution in [0.5, 0.6) is 0 Å². The second kappa shape index (κ2) is 3.81. The van der Waals surface area contributed by atoms with Crippen molar-refractivity contribution < 1.29 is 10.2 Å². The van der Waals surface area contributed by atoms with E-state index in [1.54, 1.807) is 13.8 Å². The second-order valence-electron chi connectivity index (χ2n) is 4.72. The summed E-state index contributed by atoms with van der Waals surface area (Å²) in [5, 5.41) is 19.4. The zero-order chi connectivity index (χ0) is 10.1. The van der Waals surface area contributed by atoms with Crippen LogP contribution in [0.3, 0.4) is 0 Å². The summed E-state index contributed by atoms with van der Waals surface area (Å²) in [6.07, 6.45) is 4.16. The van der Waals surface area contributed by atoms with Gasteiger partial charge in [0.2, 0.25) is 0 Å². The minimum absolute atomic E-state index is 0.192. The molecule has 0 bridgehead atoms. The fraction of sp³-hybridized carbons (Fsp3) is 0.818. The average molecular weight is 184 g/mol. The van der Waals surface area contributed by atoms with Crippen molar-refractivity contribution in [3.05, 3.63) is 12.7 Å². The van der Waals surface area contributed by atoms with Crippen molar-refractivity contribution >= 4 is 0 Å². The maximum absolute atomic E-state index is 9.69. The number of aliphatic hydroxyl groups is 2. The molecule has 0 aliphatic heterocycles. The molecule has 0 spiro atoms. The molecule has 13 heavy (non-hydrogen) atoms. The van der Waals surface area contributed by atoms with Crippen LogP contribution in [0.15, 0.2) is 12.7 Å². The molecule has 1 saturated carbocycles. The maximum Gasteiger partial charge on any atom is 0.0595 e. The third-order valence-corrected chi connectivity index (χ3v) is 2.88. The van der Waals surface area contributed by atoms with Crippen LogP contribution in [0.25, 0.3) is 0 Å². The zero-order valence-electron chi connectivity index (χ0n) is 8.53. The van der Waals surface area contributed by atoms with Gasteiger partial charge in [0.25, 0.3) is 0 Å². The van der Waals surface area contributed by atoms with Crippen LogP contribution < -0.4 is 0 Å². The van der Waals surface area contributed by atoms with E-state index < -0.39 is 5.60 Å². The van der Waals surface area contributed by atoms with Crippen LogP contribution in [0.4, 0.5) is 0 Å². The minimum atomic E-state index is -0.683. The van der Waals surface area contributed by atoms with Crippen molar-refractivity contribution in [1.82, 2.24) is 0 Å². The van der Waals surface area contributed by atoms with E-state index in [2.05, 4.69) is 6.58 Å². The van der Waals surface area contributed by atoms with E-state index in [1.807, 2.05) is 6.08 Å². The molecule has 0 aromatic carbocycles. The second-order valence-corrected chi connectivity index (χ2v) is 4.72. The van der Waals surface area contributed by atoms with Crippen LogP contribution >= 0.6 is 0 Å². The van der Waals surface area contributed by atoms with Gasteiger partial charge in [-0.25, -0.2) is 0 Å². The first-order valence-electron chi connectivity index (χ1n) is 4.97. The maximum atomic E-state index is 9.69. The molecule has 2 N–H and O–H groups in total. The smallest absolute Gasteiger partial charge is 0.0595 e. The fourth-order valence-corrected chi connectivity index (χ4v) is 2.23. The van der Waals surface area contributed by atoms with Crippen molar-refractivity contribution in [3.63, 3.8) is 0 Å². The summed E-state index contributed by atoms with van der Waals surface area (Å²) in [4.78, 5) is 0. The normalized spacial score (nSPS) is 34.9. The first kappa shape index (κ1) is 10.7. The van der Waals surface area contributed by atoms with Crippen LogP contribution in [0.2, 0.25) is 0 Å². The third kappa shape index (κ3) is 2.82.